The van der Waals surface area contributed by atoms with E-state index in [1.807, 2.05) is 18.2 Å². The molecule has 0 saturated heterocycles. The number of hydrazone groups is 1. The Labute approximate surface area is 77.4 Å². The Morgan fingerprint density at radius 1 is 1.64 bits per heavy atom. The highest BCUT2D eigenvalue weighted by atomic mass is 127. The van der Waals surface area contributed by atoms with Crippen LogP contribution in [0.25, 0.3) is 0 Å². The van der Waals surface area contributed by atoms with Crippen LogP contribution in [0.5, 0.6) is 0 Å². The van der Waals surface area contributed by atoms with Crippen molar-refractivity contribution < 1.29 is 4.79 Å². The molecule has 1 amide bonds. The van der Waals surface area contributed by atoms with E-state index in [1.165, 1.54) is 0 Å². The Hall–Kier alpha value is -0.650. The second-order valence-electron chi connectivity index (χ2n) is 2.38. The number of rotatable bonds is 0. The number of halogens is 1. The van der Waals surface area contributed by atoms with E-state index >= 15 is 0 Å². The van der Waals surface area contributed by atoms with Gasteiger partial charge in [0.25, 0.3) is 5.91 Å². The van der Waals surface area contributed by atoms with Gasteiger partial charge in [-0.3, -0.25) is 4.79 Å². The highest BCUT2D eigenvalue weighted by molar-refractivity contribution is 14.1. The summed E-state index contributed by atoms with van der Waals surface area (Å²) in [5.74, 6) is -0.176. The van der Waals surface area contributed by atoms with Crippen LogP contribution in [0.1, 0.15) is 0 Å². The minimum absolute atomic E-state index is 0.0311. The standard InChI is InChI=1S/C7H5IN2O/c8-4-1-2-5-6(3-4)9-10-7(5)11/h1-3,5H,(H,10,11). The van der Waals surface area contributed by atoms with Gasteiger partial charge in [0.1, 0.15) is 5.92 Å². The van der Waals surface area contributed by atoms with Crippen molar-refractivity contribution in [3.63, 3.8) is 0 Å². The zero-order chi connectivity index (χ0) is 7.84. The van der Waals surface area contributed by atoms with Gasteiger partial charge in [-0.15, -0.1) is 0 Å². The van der Waals surface area contributed by atoms with Gasteiger partial charge in [0, 0.05) is 3.58 Å². The highest BCUT2D eigenvalue weighted by Gasteiger charge is 2.27. The van der Waals surface area contributed by atoms with Crippen LogP contribution < -0.4 is 5.43 Å². The average molecular weight is 260 g/mol. The molecule has 0 radical (unpaired) electrons. The highest BCUT2D eigenvalue weighted by Crippen LogP contribution is 2.21. The average Bonchev–Trinajstić information content (AvgIpc) is 2.32. The van der Waals surface area contributed by atoms with Crippen molar-refractivity contribution in [1.29, 1.82) is 0 Å². The molecule has 0 bridgehead atoms. The first-order valence-corrected chi connectivity index (χ1v) is 4.28. The number of hydrogen-bond acceptors (Lipinski definition) is 2. The van der Waals surface area contributed by atoms with Crippen LogP contribution in [0, 0.1) is 5.92 Å². The summed E-state index contributed by atoms with van der Waals surface area (Å²) in [5, 5.41) is 3.87. The number of fused-ring (bicyclic) bond motifs is 1. The van der Waals surface area contributed by atoms with E-state index in [4.69, 9.17) is 0 Å². The molecule has 1 atom stereocenters. The molecule has 2 rings (SSSR count). The van der Waals surface area contributed by atoms with E-state index in [-0.39, 0.29) is 11.8 Å². The molecule has 4 heteroatoms. The number of carbonyl (C=O) groups is 1. The maximum atomic E-state index is 11.0. The molecule has 56 valence electrons. The Morgan fingerprint density at radius 2 is 2.45 bits per heavy atom. The molecule has 11 heavy (non-hydrogen) atoms. The second-order valence-corrected chi connectivity index (χ2v) is 3.62. The number of allylic oxidation sites excluding steroid dienone is 3. The largest absolute Gasteiger partial charge is 0.272 e. The van der Waals surface area contributed by atoms with Crippen LogP contribution in [-0.4, -0.2) is 11.6 Å². The summed E-state index contributed by atoms with van der Waals surface area (Å²) in [5.41, 5.74) is 3.25. The van der Waals surface area contributed by atoms with Gasteiger partial charge in [-0.1, -0.05) is 12.2 Å². The zero-order valence-electron chi connectivity index (χ0n) is 5.54. The maximum Gasteiger partial charge on any atom is 0.253 e. The minimum atomic E-state index is -0.145. The van der Waals surface area contributed by atoms with Crippen LogP contribution in [0.15, 0.2) is 26.9 Å². The lowest BCUT2D eigenvalue weighted by Crippen LogP contribution is -2.21. The summed E-state index contributed by atoms with van der Waals surface area (Å²) in [7, 11) is 0. The SMILES string of the molecule is O=C1NN=C2C=C(I)C=CC12. The van der Waals surface area contributed by atoms with E-state index in [0.29, 0.717) is 0 Å². The van der Waals surface area contributed by atoms with Gasteiger partial charge in [-0.05, 0) is 28.7 Å². The first kappa shape index (κ1) is 7.02. The van der Waals surface area contributed by atoms with Gasteiger partial charge in [-0.25, -0.2) is 5.43 Å². The van der Waals surface area contributed by atoms with Crippen molar-refractivity contribution in [3.05, 3.63) is 21.8 Å². The lowest BCUT2D eigenvalue weighted by molar-refractivity contribution is -0.121. The third-order valence-corrected chi connectivity index (χ3v) is 2.30. The molecular weight excluding hydrogens is 255 g/mol. The topological polar surface area (TPSA) is 41.5 Å². The zero-order valence-corrected chi connectivity index (χ0v) is 7.70. The number of hydrogen-bond donors (Lipinski definition) is 1. The fourth-order valence-electron chi connectivity index (χ4n) is 1.08. The van der Waals surface area contributed by atoms with Crippen molar-refractivity contribution in [3.8, 4) is 0 Å². The number of carbonyl (C=O) groups excluding carboxylic acids is 1. The monoisotopic (exact) mass is 260 g/mol. The van der Waals surface area contributed by atoms with Crippen LogP contribution in [0.3, 0.4) is 0 Å². The summed E-state index contributed by atoms with van der Waals surface area (Å²) in [6, 6.07) is 0. The predicted octanol–water partition coefficient (Wildman–Crippen LogP) is 0.977. The maximum absolute atomic E-state index is 11.0. The number of nitrogens with one attached hydrogen (secondary N) is 1. The lowest BCUT2D eigenvalue weighted by atomic mass is 9.99. The fourth-order valence-corrected chi connectivity index (χ4v) is 1.61. The van der Waals surface area contributed by atoms with E-state index < -0.39 is 0 Å². The molecule has 0 aromatic heterocycles. The summed E-state index contributed by atoms with van der Waals surface area (Å²) in [6.45, 7) is 0. The second kappa shape index (κ2) is 2.44. The molecule has 2 aliphatic rings. The smallest absolute Gasteiger partial charge is 0.253 e. The molecule has 0 aromatic rings. The molecular formula is C7H5IN2O. The van der Waals surface area contributed by atoms with Gasteiger partial charge in [0.05, 0.1) is 5.71 Å². The summed E-state index contributed by atoms with van der Waals surface area (Å²) < 4.78 is 1.11. The van der Waals surface area contributed by atoms with Crippen LogP contribution >= 0.6 is 22.6 Å². The fraction of sp³-hybridized carbons (Fsp3) is 0.143. The number of nitrogens with zero attached hydrogens (tertiary/aromatic N) is 1. The molecule has 1 heterocycles. The van der Waals surface area contributed by atoms with E-state index in [2.05, 4.69) is 33.1 Å². The van der Waals surface area contributed by atoms with E-state index in [1.54, 1.807) is 0 Å². The van der Waals surface area contributed by atoms with Crippen LogP contribution in [0.2, 0.25) is 0 Å². The molecule has 3 nitrogen and oxygen atoms in total. The Kier molecular flexibility index (Phi) is 1.56. The molecule has 1 aliphatic heterocycles. The molecule has 1 aliphatic carbocycles. The summed E-state index contributed by atoms with van der Waals surface area (Å²) in [6.07, 6.45) is 5.70. The van der Waals surface area contributed by atoms with Gasteiger partial charge in [0.15, 0.2) is 0 Å². The molecule has 0 spiro atoms. The van der Waals surface area contributed by atoms with Crippen molar-refractivity contribution in [2.24, 2.45) is 11.0 Å². The van der Waals surface area contributed by atoms with Crippen LogP contribution in [0.4, 0.5) is 0 Å². The molecule has 1 unspecified atom stereocenters. The molecule has 1 N–H and O–H groups in total. The molecule has 0 fully saturated rings. The Balaban J connectivity index is 2.38. The Morgan fingerprint density at radius 3 is 3.27 bits per heavy atom. The van der Waals surface area contributed by atoms with Gasteiger partial charge >= 0.3 is 0 Å². The summed E-state index contributed by atoms with van der Waals surface area (Å²) >= 11 is 2.19. The normalized spacial score (nSPS) is 27.4. The summed E-state index contributed by atoms with van der Waals surface area (Å²) in [4.78, 5) is 11.0. The first-order chi connectivity index (χ1) is 5.27. The predicted molar refractivity (Wildman–Crippen MR) is 50.3 cm³/mol. The first-order valence-electron chi connectivity index (χ1n) is 3.20. The van der Waals surface area contributed by atoms with Crippen molar-refractivity contribution in [2.75, 3.05) is 0 Å². The van der Waals surface area contributed by atoms with E-state index in [0.717, 1.165) is 9.29 Å². The quantitative estimate of drug-likeness (QED) is 0.648. The number of amides is 1. The van der Waals surface area contributed by atoms with Gasteiger partial charge in [0.2, 0.25) is 0 Å². The van der Waals surface area contributed by atoms with E-state index in [9.17, 15) is 4.79 Å². The minimum Gasteiger partial charge on any atom is -0.272 e. The third-order valence-electron chi connectivity index (χ3n) is 1.63. The van der Waals surface area contributed by atoms with Crippen LogP contribution in [-0.2, 0) is 4.79 Å². The third kappa shape index (κ3) is 1.11. The Bertz CT molecular complexity index is 304. The molecule has 0 aromatic carbocycles. The van der Waals surface area contributed by atoms with Crippen molar-refractivity contribution in [2.45, 2.75) is 0 Å². The van der Waals surface area contributed by atoms with Gasteiger partial charge in [-0.2, -0.15) is 5.10 Å². The van der Waals surface area contributed by atoms with Crippen molar-refractivity contribution >= 4 is 34.2 Å². The lowest BCUT2D eigenvalue weighted by Gasteiger charge is -2.05. The van der Waals surface area contributed by atoms with Gasteiger partial charge < -0.3 is 0 Å². The van der Waals surface area contributed by atoms with Crippen molar-refractivity contribution in [1.82, 2.24) is 5.43 Å². The molecule has 0 saturated carbocycles.